The van der Waals surface area contributed by atoms with Crippen molar-refractivity contribution >= 4 is 16.7 Å². The molecule has 23 heavy (non-hydrogen) atoms. The summed E-state index contributed by atoms with van der Waals surface area (Å²) in [4.78, 5) is 11.4. The van der Waals surface area contributed by atoms with Gasteiger partial charge in [0.1, 0.15) is 0 Å². The second-order valence-electron chi connectivity index (χ2n) is 5.64. The molecule has 0 aromatic heterocycles. The number of nitrogens with one attached hydrogen (secondary N) is 1. The second kappa shape index (κ2) is 5.85. The number of amides is 1. The van der Waals surface area contributed by atoms with E-state index in [0.29, 0.717) is 11.8 Å². The molecule has 1 saturated heterocycles. The lowest BCUT2D eigenvalue weighted by Crippen LogP contribution is -2.43. The van der Waals surface area contributed by atoms with Crippen LogP contribution in [0.5, 0.6) is 0 Å². The van der Waals surface area contributed by atoms with Crippen molar-refractivity contribution in [1.29, 1.82) is 0 Å². The summed E-state index contributed by atoms with van der Waals surface area (Å²) >= 11 is 0. The van der Waals surface area contributed by atoms with Gasteiger partial charge in [-0.2, -0.15) is 13.2 Å². The lowest BCUT2D eigenvalue weighted by molar-refractivity contribution is -0.190. The van der Waals surface area contributed by atoms with Gasteiger partial charge in [0.2, 0.25) is 5.91 Å². The summed E-state index contributed by atoms with van der Waals surface area (Å²) in [5, 5.41) is 2.41. The van der Waals surface area contributed by atoms with Crippen LogP contribution < -0.4 is 5.43 Å². The second-order valence-corrected chi connectivity index (χ2v) is 5.64. The van der Waals surface area contributed by atoms with Crippen LogP contribution >= 0.6 is 0 Å². The van der Waals surface area contributed by atoms with Crippen molar-refractivity contribution in [1.82, 2.24) is 10.4 Å². The topological polar surface area (TPSA) is 32.3 Å². The van der Waals surface area contributed by atoms with Gasteiger partial charge in [0.05, 0.1) is 0 Å². The maximum Gasteiger partial charge on any atom is 0.409 e. The summed E-state index contributed by atoms with van der Waals surface area (Å²) in [6, 6.07) is 8.62. The Balaban J connectivity index is 2.20. The summed E-state index contributed by atoms with van der Waals surface area (Å²) < 4.78 is 41.3. The molecule has 0 unspecified atom stereocenters. The van der Waals surface area contributed by atoms with E-state index in [-0.39, 0.29) is 24.4 Å². The third-order valence-corrected chi connectivity index (χ3v) is 4.17. The molecule has 0 radical (unpaired) electrons. The highest BCUT2D eigenvalue weighted by atomic mass is 19.4. The Morgan fingerprint density at radius 1 is 1.22 bits per heavy atom. The predicted molar refractivity (Wildman–Crippen MR) is 81.6 cm³/mol. The van der Waals surface area contributed by atoms with Crippen LogP contribution in [-0.4, -0.2) is 23.6 Å². The zero-order valence-electron chi connectivity index (χ0n) is 12.7. The molecule has 1 N–H and O–H groups in total. The fraction of sp³-hybridized carbons (Fsp3) is 0.353. The van der Waals surface area contributed by atoms with Crippen molar-refractivity contribution in [2.75, 3.05) is 6.54 Å². The standard InChI is InChI=1S/C17H17F3N2O/c1-2-11-5-3-6-12-7-4-8-13(15(11)12)16(17(18,19)20)22-10-9-14(23)21-22/h3-8,16H,2,9-10H2,1H3,(H,21,23)/t16-/m0/s1. The smallest absolute Gasteiger partial charge is 0.288 e. The summed E-state index contributed by atoms with van der Waals surface area (Å²) in [6.45, 7) is 1.97. The summed E-state index contributed by atoms with van der Waals surface area (Å²) in [6.07, 6.45) is -3.75. The van der Waals surface area contributed by atoms with Gasteiger partial charge in [-0.3, -0.25) is 10.2 Å². The minimum Gasteiger partial charge on any atom is -0.288 e. The number of nitrogens with zero attached hydrogens (tertiary/aromatic N) is 1. The van der Waals surface area contributed by atoms with E-state index in [9.17, 15) is 18.0 Å². The molecule has 1 atom stereocenters. The minimum absolute atomic E-state index is 0.0493. The summed E-state index contributed by atoms with van der Waals surface area (Å²) in [5.41, 5.74) is 3.40. The Morgan fingerprint density at radius 3 is 2.48 bits per heavy atom. The third-order valence-electron chi connectivity index (χ3n) is 4.17. The molecule has 1 heterocycles. The number of hydrogen-bond acceptors (Lipinski definition) is 2. The van der Waals surface area contributed by atoms with Gasteiger partial charge in [0.15, 0.2) is 6.04 Å². The summed E-state index contributed by atoms with van der Waals surface area (Å²) in [7, 11) is 0. The van der Waals surface area contributed by atoms with E-state index in [1.807, 2.05) is 31.2 Å². The van der Waals surface area contributed by atoms with E-state index < -0.39 is 12.2 Å². The molecule has 0 aliphatic carbocycles. The molecule has 0 bridgehead atoms. The van der Waals surface area contributed by atoms with Gasteiger partial charge in [0, 0.05) is 13.0 Å². The zero-order chi connectivity index (χ0) is 16.6. The number of alkyl halides is 3. The first-order valence-electron chi connectivity index (χ1n) is 7.55. The number of aryl methyl sites for hydroxylation is 1. The van der Waals surface area contributed by atoms with Gasteiger partial charge in [-0.1, -0.05) is 43.3 Å². The monoisotopic (exact) mass is 322 g/mol. The molecular formula is C17H17F3N2O. The highest BCUT2D eigenvalue weighted by molar-refractivity contribution is 5.89. The molecule has 1 aliphatic heterocycles. The van der Waals surface area contributed by atoms with Crippen LogP contribution in [0.15, 0.2) is 36.4 Å². The molecule has 3 nitrogen and oxygen atoms in total. The molecule has 3 rings (SSSR count). The van der Waals surface area contributed by atoms with Gasteiger partial charge in [-0.25, -0.2) is 5.01 Å². The van der Waals surface area contributed by atoms with Crippen LogP contribution in [0.25, 0.3) is 10.8 Å². The first-order chi connectivity index (χ1) is 10.9. The van der Waals surface area contributed by atoms with Crippen LogP contribution in [0.1, 0.15) is 30.5 Å². The molecule has 2 aromatic carbocycles. The van der Waals surface area contributed by atoms with Crippen molar-refractivity contribution in [3.63, 3.8) is 0 Å². The molecule has 0 saturated carbocycles. The fourth-order valence-electron chi connectivity index (χ4n) is 3.18. The van der Waals surface area contributed by atoms with Crippen LogP contribution in [0.3, 0.4) is 0 Å². The third kappa shape index (κ3) is 2.91. The highest BCUT2D eigenvalue weighted by Gasteiger charge is 2.47. The van der Waals surface area contributed by atoms with Gasteiger partial charge in [0.25, 0.3) is 0 Å². The van der Waals surface area contributed by atoms with E-state index in [4.69, 9.17) is 0 Å². The molecular weight excluding hydrogens is 305 g/mol. The zero-order valence-corrected chi connectivity index (χ0v) is 12.7. The number of hydrazine groups is 1. The van der Waals surface area contributed by atoms with Crippen LogP contribution in [-0.2, 0) is 11.2 Å². The number of carbonyl (C=O) groups is 1. The van der Waals surface area contributed by atoms with E-state index in [0.717, 1.165) is 16.0 Å². The molecule has 0 spiro atoms. The minimum atomic E-state index is -4.48. The van der Waals surface area contributed by atoms with Crippen LogP contribution in [0, 0.1) is 0 Å². The van der Waals surface area contributed by atoms with E-state index >= 15 is 0 Å². The number of benzene rings is 2. The van der Waals surface area contributed by atoms with Gasteiger partial charge in [-0.15, -0.1) is 0 Å². The van der Waals surface area contributed by atoms with Crippen LogP contribution in [0.2, 0.25) is 0 Å². The fourth-order valence-corrected chi connectivity index (χ4v) is 3.18. The number of hydrogen-bond donors (Lipinski definition) is 1. The lowest BCUT2D eigenvalue weighted by Gasteiger charge is -2.30. The largest absolute Gasteiger partial charge is 0.409 e. The first-order valence-corrected chi connectivity index (χ1v) is 7.55. The van der Waals surface area contributed by atoms with E-state index in [2.05, 4.69) is 5.43 Å². The molecule has 1 aliphatic rings. The Labute approximate surface area is 132 Å². The maximum absolute atomic E-state index is 13.8. The molecule has 122 valence electrons. The van der Waals surface area contributed by atoms with E-state index in [1.165, 1.54) is 6.07 Å². The first kappa shape index (κ1) is 15.8. The number of fused-ring (bicyclic) bond motifs is 1. The normalized spacial score (nSPS) is 17.5. The van der Waals surface area contributed by atoms with Crippen molar-refractivity contribution in [3.05, 3.63) is 47.5 Å². The van der Waals surface area contributed by atoms with Crippen molar-refractivity contribution in [2.45, 2.75) is 32.0 Å². The van der Waals surface area contributed by atoms with Gasteiger partial charge < -0.3 is 0 Å². The van der Waals surface area contributed by atoms with Crippen molar-refractivity contribution in [2.24, 2.45) is 0 Å². The highest BCUT2D eigenvalue weighted by Crippen LogP contribution is 2.41. The Hall–Kier alpha value is -2.08. The average molecular weight is 322 g/mol. The van der Waals surface area contributed by atoms with Gasteiger partial charge in [-0.05, 0) is 28.3 Å². The van der Waals surface area contributed by atoms with E-state index in [1.54, 1.807) is 6.07 Å². The molecule has 2 aromatic rings. The maximum atomic E-state index is 13.8. The molecule has 1 amide bonds. The van der Waals surface area contributed by atoms with Gasteiger partial charge >= 0.3 is 6.18 Å². The molecule has 6 heteroatoms. The average Bonchev–Trinajstić information content (AvgIpc) is 2.91. The van der Waals surface area contributed by atoms with Crippen LogP contribution in [0.4, 0.5) is 13.2 Å². The SMILES string of the molecule is CCc1cccc2cccc([C@H](N3CCC(=O)N3)C(F)(F)F)c12. The number of rotatable bonds is 3. The quantitative estimate of drug-likeness (QED) is 0.933. The van der Waals surface area contributed by atoms with Crippen molar-refractivity contribution < 1.29 is 18.0 Å². The Kier molecular flexibility index (Phi) is 4.02. The Morgan fingerprint density at radius 2 is 1.91 bits per heavy atom. The number of halogens is 3. The summed E-state index contributed by atoms with van der Waals surface area (Å²) in [5.74, 6) is -0.379. The van der Waals surface area contributed by atoms with Crippen molar-refractivity contribution in [3.8, 4) is 0 Å². The number of carbonyl (C=O) groups excluding carboxylic acids is 1. The lowest BCUT2D eigenvalue weighted by atomic mass is 9.93. The molecule has 1 fully saturated rings. The predicted octanol–water partition coefficient (Wildman–Crippen LogP) is 3.74. The Bertz CT molecular complexity index is 737.